The third-order valence-electron chi connectivity index (χ3n) is 7.75. The van der Waals surface area contributed by atoms with Crippen LogP contribution in [-0.2, 0) is 32.2 Å². The second-order valence-electron chi connectivity index (χ2n) is 11.1. The number of terminal acetylenes is 1. The van der Waals surface area contributed by atoms with E-state index < -0.39 is 24.3 Å². The highest BCUT2D eigenvalue weighted by Crippen LogP contribution is 2.28. The summed E-state index contributed by atoms with van der Waals surface area (Å²) in [7, 11) is 0. The zero-order valence-corrected chi connectivity index (χ0v) is 28.2. The number of hydrazine groups is 1. The number of benzene rings is 2. The Bertz CT molecular complexity index is 1400. The molecule has 2 aromatic carbocycles. The molecule has 2 aliphatic heterocycles. The summed E-state index contributed by atoms with van der Waals surface area (Å²) in [6, 6.07) is 16.2. The van der Waals surface area contributed by atoms with E-state index in [0.717, 1.165) is 16.7 Å². The van der Waals surface area contributed by atoms with E-state index in [1.165, 1.54) is 16.0 Å². The lowest BCUT2D eigenvalue weighted by atomic mass is 10.0. The Labute approximate surface area is 298 Å². The highest BCUT2D eigenvalue weighted by atomic mass is 16.5. The standard InChI is InChI=1S/C34H42N6O6.C2H6.2CH4/c1-4-18-38-24-31(41)39-29(12-9-17-35-34(44)46-20-5-2)32(42)37(19-21-45-25-28-15-13-26(3)14-16-28)23-30(39)40(38)33(43)36-22-27-10-7-6-8-11-27;1-2;;/h1,5-8,10-11,13-16,29-30H,2,9,12,17-25H2,3H3,(H,35,44)(H,36,43);1-2H3;2*1H4/t29-,30-;;;/m0.../s1. The minimum absolute atomic E-state index is 0. The maximum atomic E-state index is 13.9. The van der Waals surface area contributed by atoms with Crippen LogP contribution in [0.4, 0.5) is 9.59 Å². The molecule has 2 fully saturated rings. The van der Waals surface area contributed by atoms with Crippen molar-refractivity contribution in [2.24, 2.45) is 0 Å². The molecule has 2 heterocycles. The number of ether oxygens (including phenoxy) is 2. The van der Waals surface area contributed by atoms with Crippen LogP contribution in [0.1, 0.15) is 58.2 Å². The van der Waals surface area contributed by atoms with Gasteiger partial charge in [-0.3, -0.25) is 9.59 Å². The Hall–Kier alpha value is -4.86. The summed E-state index contributed by atoms with van der Waals surface area (Å²) in [5.41, 5.74) is 3.08. The Morgan fingerprint density at radius 1 is 1.04 bits per heavy atom. The van der Waals surface area contributed by atoms with Crippen molar-refractivity contribution in [1.82, 2.24) is 30.5 Å². The maximum Gasteiger partial charge on any atom is 0.407 e. The van der Waals surface area contributed by atoms with Crippen LogP contribution in [-0.4, -0.2) is 102 Å². The normalized spacial score (nSPS) is 16.7. The molecule has 0 radical (unpaired) electrons. The van der Waals surface area contributed by atoms with Gasteiger partial charge in [-0.1, -0.05) is 107 Å². The molecule has 12 nitrogen and oxygen atoms in total. The molecule has 2 N–H and O–H groups in total. The zero-order valence-electron chi connectivity index (χ0n) is 28.2. The number of piperazine rings is 1. The van der Waals surface area contributed by atoms with Crippen molar-refractivity contribution in [3.63, 3.8) is 0 Å². The van der Waals surface area contributed by atoms with E-state index >= 15 is 0 Å². The molecular weight excluding hydrogens is 636 g/mol. The highest BCUT2D eigenvalue weighted by Gasteiger charge is 2.51. The van der Waals surface area contributed by atoms with Crippen LogP contribution in [0, 0.1) is 19.3 Å². The number of nitrogens with zero attached hydrogens (tertiary/aromatic N) is 4. The molecule has 12 heteroatoms. The number of hydrogen-bond donors (Lipinski definition) is 2. The highest BCUT2D eigenvalue weighted by molar-refractivity contribution is 5.91. The lowest BCUT2D eigenvalue weighted by molar-refractivity contribution is -0.189. The first-order valence-corrected chi connectivity index (χ1v) is 16.4. The predicted molar refractivity (Wildman–Crippen MR) is 196 cm³/mol. The fourth-order valence-corrected chi connectivity index (χ4v) is 5.49. The maximum absolute atomic E-state index is 13.9. The molecule has 0 spiro atoms. The van der Waals surface area contributed by atoms with Gasteiger partial charge in [-0.15, -0.1) is 6.42 Å². The number of carbonyl (C=O) groups is 4. The number of aryl methyl sites for hydroxylation is 1. The Morgan fingerprint density at radius 2 is 1.74 bits per heavy atom. The van der Waals surface area contributed by atoms with Crippen LogP contribution in [0.3, 0.4) is 0 Å². The van der Waals surface area contributed by atoms with Crippen molar-refractivity contribution in [3.8, 4) is 12.3 Å². The van der Waals surface area contributed by atoms with Crippen molar-refractivity contribution in [2.45, 2.75) is 73.8 Å². The van der Waals surface area contributed by atoms with E-state index in [2.05, 4.69) is 23.1 Å². The molecule has 2 aromatic rings. The van der Waals surface area contributed by atoms with Crippen LogP contribution in [0.2, 0.25) is 0 Å². The number of amides is 5. The van der Waals surface area contributed by atoms with E-state index in [0.29, 0.717) is 13.0 Å². The fraction of sp³-hybridized carbons (Fsp3) is 0.474. The molecule has 0 aromatic heterocycles. The molecule has 274 valence electrons. The first-order chi connectivity index (χ1) is 23.3. The van der Waals surface area contributed by atoms with Gasteiger partial charge in [0.2, 0.25) is 11.8 Å². The van der Waals surface area contributed by atoms with E-state index in [9.17, 15) is 19.2 Å². The van der Waals surface area contributed by atoms with Gasteiger partial charge >= 0.3 is 12.1 Å². The van der Waals surface area contributed by atoms with Crippen LogP contribution >= 0.6 is 0 Å². The zero-order chi connectivity index (χ0) is 34.9. The number of fused-ring (bicyclic) bond motifs is 1. The van der Waals surface area contributed by atoms with Crippen LogP contribution < -0.4 is 10.6 Å². The summed E-state index contributed by atoms with van der Waals surface area (Å²) in [6.45, 7) is 11.0. The number of rotatable bonds is 14. The van der Waals surface area contributed by atoms with Gasteiger partial charge in [0, 0.05) is 19.6 Å². The van der Waals surface area contributed by atoms with Gasteiger partial charge in [0.25, 0.3) is 0 Å². The van der Waals surface area contributed by atoms with Crippen LogP contribution in [0.25, 0.3) is 0 Å². The fourth-order valence-electron chi connectivity index (χ4n) is 5.49. The van der Waals surface area contributed by atoms with Gasteiger partial charge in [0.1, 0.15) is 18.8 Å². The smallest absolute Gasteiger partial charge is 0.407 e. The molecule has 5 amide bonds. The summed E-state index contributed by atoms with van der Waals surface area (Å²) in [6.07, 6.45) is 6.37. The predicted octanol–water partition coefficient (Wildman–Crippen LogP) is 4.94. The quantitative estimate of drug-likeness (QED) is 0.163. The van der Waals surface area contributed by atoms with Crippen molar-refractivity contribution in [2.75, 3.05) is 45.9 Å². The number of carbonyl (C=O) groups excluding carboxylic acids is 4. The van der Waals surface area contributed by atoms with E-state index in [1.807, 2.05) is 75.4 Å². The number of alkyl carbamates (subject to hydrolysis) is 1. The largest absolute Gasteiger partial charge is 0.445 e. The first kappa shape index (κ1) is 43.2. The van der Waals surface area contributed by atoms with Crippen molar-refractivity contribution < 1.29 is 28.7 Å². The summed E-state index contributed by atoms with van der Waals surface area (Å²) >= 11 is 0. The third kappa shape index (κ3) is 12.2. The Morgan fingerprint density at radius 3 is 2.40 bits per heavy atom. The van der Waals surface area contributed by atoms with Crippen LogP contribution in [0.5, 0.6) is 0 Å². The Balaban J connectivity index is 0.00000307. The van der Waals surface area contributed by atoms with Gasteiger partial charge in [-0.05, 0) is 30.9 Å². The van der Waals surface area contributed by atoms with Crippen LogP contribution in [0.15, 0.2) is 67.3 Å². The van der Waals surface area contributed by atoms with Gasteiger partial charge in [-0.2, -0.15) is 5.01 Å². The minimum Gasteiger partial charge on any atom is -0.445 e. The van der Waals surface area contributed by atoms with Crippen molar-refractivity contribution >= 4 is 23.9 Å². The molecule has 4 rings (SSSR count). The molecule has 0 unspecified atom stereocenters. The van der Waals surface area contributed by atoms with E-state index in [-0.39, 0.29) is 85.6 Å². The first-order valence-electron chi connectivity index (χ1n) is 16.4. The Kier molecular flexibility index (Phi) is 19.6. The molecule has 0 aliphatic carbocycles. The average Bonchev–Trinajstić information content (AvgIpc) is 3.10. The van der Waals surface area contributed by atoms with Gasteiger partial charge in [0.05, 0.1) is 32.8 Å². The second-order valence-corrected chi connectivity index (χ2v) is 11.1. The minimum atomic E-state index is -0.855. The van der Waals surface area contributed by atoms with Gasteiger partial charge in [0.15, 0.2) is 0 Å². The molecule has 2 saturated heterocycles. The van der Waals surface area contributed by atoms with Crippen molar-refractivity contribution in [1.29, 1.82) is 0 Å². The molecule has 0 saturated carbocycles. The van der Waals surface area contributed by atoms with E-state index in [4.69, 9.17) is 15.9 Å². The summed E-state index contributed by atoms with van der Waals surface area (Å²) < 4.78 is 10.9. The van der Waals surface area contributed by atoms with E-state index in [1.54, 1.807) is 9.91 Å². The van der Waals surface area contributed by atoms with Gasteiger partial charge < -0.3 is 29.9 Å². The summed E-state index contributed by atoms with van der Waals surface area (Å²) in [4.78, 5) is 56.2. The lowest BCUT2D eigenvalue weighted by Gasteiger charge is -2.55. The second kappa shape index (κ2) is 22.7. The third-order valence-corrected chi connectivity index (χ3v) is 7.75. The van der Waals surface area contributed by atoms with Crippen molar-refractivity contribution in [3.05, 3.63) is 83.9 Å². The van der Waals surface area contributed by atoms with Gasteiger partial charge in [-0.25, -0.2) is 14.6 Å². The number of urea groups is 1. The lowest BCUT2D eigenvalue weighted by Crippen LogP contribution is -2.76. The molecule has 2 aliphatic rings. The SMILES string of the molecule is C.C.C#CCN1CC(=O)N2[C@@H](CCCNC(=O)OCC=C)C(=O)N(CCOCc3ccc(C)cc3)C[C@@H]2N1C(=O)NCc1ccccc1.CC. The summed E-state index contributed by atoms with van der Waals surface area (Å²) in [5.74, 6) is 2.00. The molecule has 50 heavy (non-hydrogen) atoms. The number of nitrogens with one attached hydrogen (secondary N) is 2. The monoisotopic (exact) mass is 692 g/mol. The molecule has 2 atom stereocenters. The average molecular weight is 693 g/mol. The topological polar surface area (TPSA) is 124 Å². The number of hydrogen-bond acceptors (Lipinski definition) is 7. The summed E-state index contributed by atoms with van der Waals surface area (Å²) in [5, 5.41) is 8.60. The molecular formula is C38H56N6O6. The molecule has 0 bridgehead atoms.